The number of hydrogen-bond donors (Lipinski definition) is 3. The number of carbonyl (C=O) groups excluding carboxylic acids is 1. The number of piperidine rings is 1. The summed E-state index contributed by atoms with van der Waals surface area (Å²) in [7, 11) is 0. The van der Waals surface area contributed by atoms with Crippen molar-refractivity contribution in [1.29, 1.82) is 0 Å². The third-order valence-corrected chi connectivity index (χ3v) is 7.15. The third-order valence-electron chi connectivity index (χ3n) is 6.92. The number of amides is 1. The lowest BCUT2D eigenvalue weighted by atomic mass is 10.1. The molecule has 2 fully saturated rings. The fourth-order valence-electron chi connectivity index (χ4n) is 4.74. The van der Waals surface area contributed by atoms with E-state index in [1.165, 1.54) is 12.1 Å². The number of alkyl halides is 3. The van der Waals surface area contributed by atoms with E-state index in [0.29, 0.717) is 42.6 Å². The highest BCUT2D eigenvalue weighted by Crippen LogP contribution is 2.31. The van der Waals surface area contributed by atoms with Crippen molar-refractivity contribution in [3.8, 4) is 0 Å². The van der Waals surface area contributed by atoms with Crippen molar-refractivity contribution in [2.75, 3.05) is 56.0 Å². The summed E-state index contributed by atoms with van der Waals surface area (Å²) in [6.07, 6.45) is -3.13. The molecule has 0 spiro atoms. The summed E-state index contributed by atoms with van der Waals surface area (Å²) in [5.41, 5.74) is 0.617. The van der Waals surface area contributed by atoms with Crippen LogP contribution < -0.4 is 20.9 Å². The molecule has 2 saturated heterocycles. The molecule has 2 aliphatic rings. The quantitative estimate of drug-likeness (QED) is 0.406. The second kappa shape index (κ2) is 12.6. The molecule has 3 N–H and O–H groups in total. The maximum absolute atomic E-state index is 14.9. The van der Waals surface area contributed by atoms with Gasteiger partial charge in [-0.25, -0.2) is 8.78 Å². The Morgan fingerprint density at radius 3 is 2.53 bits per heavy atom. The van der Waals surface area contributed by atoms with Gasteiger partial charge in [0.1, 0.15) is 0 Å². The lowest BCUT2D eigenvalue weighted by Crippen LogP contribution is -2.47. The Hall–Kier alpha value is -2.47. The fraction of sp³-hybridized carbons (Fsp3) is 0.500. The van der Waals surface area contributed by atoms with Crippen LogP contribution in [0.15, 0.2) is 30.3 Å². The van der Waals surface area contributed by atoms with Crippen LogP contribution in [0.1, 0.15) is 35.2 Å². The van der Waals surface area contributed by atoms with Gasteiger partial charge in [-0.15, -0.1) is 0 Å². The Morgan fingerprint density at radius 1 is 1.08 bits per heavy atom. The summed E-state index contributed by atoms with van der Waals surface area (Å²) in [5.74, 6) is -3.11. The van der Waals surface area contributed by atoms with Crippen LogP contribution in [-0.2, 0) is 6.54 Å². The second-order valence-electron chi connectivity index (χ2n) is 9.63. The van der Waals surface area contributed by atoms with Crippen LogP contribution in [0.25, 0.3) is 0 Å². The Bertz CT molecular complexity index is 1120. The summed E-state index contributed by atoms with van der Waals surface area (Å²) in [6.45, 7) is 3.42. The first-order chi connectivity index (χ1) is 18.1. The highest BCUT2D eigenvalue weighted by Gasteiger charge is 2.29. The molecule has 38 heavy (non-hydrogen) atoms. The Kier molecular flexibility index (Phi) is 9.45. The molecular weight excluding hydrogens is 529 g/mol. The van der Waals surface area contributed by atoms with Gasteiger partial charge in [0.05, 0.1) is 23.4 Å². The van der Waals surface area contributed by atoms with Gasteiger partial charge in [0.25, 0.3) is 5.91 Å². The molecule has 2 aromatic rings. The minimum absolute atomic E-state index is 0.0790. The molecule has 208 valence electrons. The topological polar surface area (TPSA) is 59.6 Å². The van der Waals surface area contributed by atoms with E-state index in [-0.39, 0.29) is 24.7 Å². The van der Waals surface area contributed by atoms with E-state index in [1.54, 1.807) is 23.1 Å². The molecular formula is C26H31ClF5N5O. The number of halogens is 6. The Balaban J connectivity index is 1.41. The largest absolute Gasteiger partial charge is 0.390 e. The lowest BCUT2D eigenvalue weighted by molar-refractivity contribution is -0.138. The smallest absolute Gasteiger partial charge is 0.367 e. The van der Waals surface area contributed by atoms with Crippen molar-refractivity contribution in [3.05, 3.63) is 58.1 Å². The predicted molar refractivity (Wildman–Crippen MR) is 138 cm³/mol. The average Bonchev–Trinajstić information content (AvgIpc) is 2.90. The molecule has 0 unspecified atom stereocenters. The van der Waals surface area contributed by atoms with E-state index < -0.39 is 35.7 Å². The number of benzene rings is 2. The van der Waals surface area contributed by atoms with Gasteiger partial charge < -0.3 is 20.9 Å². The highest BCUT2D eigenvalue weighted by molar-refractivity contribution is 6.31. The molecule has 2 heterocycles. The van der Waals surface area contributed by atoms with Gasteiger partial charge in [0, 0.05) is 62.4 Å². The van der Waals surface area contributed by atoms with E-state index >= 15 is 0 Å². The monoisotopic (exact) mass is 559 g/mol. The maximum atomic E-state index is 14.9. The summed E-state index contributed by atoms with van der Waals surface area (Å²) in [5, 5.41) is 9.51. The van der Waals surface area contributed by atoms with E-state index in [4.69, 9.17) is 11.6 Å². The summed E-state index contributed by atoms with van der Waals surface area (Å²) in [6, 6.07) is 7.60. The van der Waals surface area contributed by atoms with Gasteiger partial charge in [-0.1, -0.05) is 17.7 Å². The maximum Gasteiger partial charge on any atom is 0.390 e. The first-order valence-electron chi connectivity index (χ1n) is 12.7. The number of carbonyl (C=O) groups is 1. The van der Waals surface area contributed by atoms with Crippen LogP contribution >= 0.6 is 11.6 Å². The number of nitrogens with one attached hydrogen (secondary N) is 3. The summed E-state index contributed by atoms with van der Waals surface area (Å²) >= 11 is 6.17. The van der Waals surface area contributed by atoms with Crippen molar-refractivity contribution >= 4 is 28.9 Å². The van der Waals surface area contributed by atoms with Crippen molar-refractivity contribution in [2.24, 2.45) is 0 Å². The zero-order chi connectivity index (χ0) is 27.3. The van der Waals surface area contributed by atoms with Crippen LogP contribution in [0.4, 0.5) is 33.3 Å². The molecule has 6 nitrogen and oxygen atoms in total. The van der Waals surface area contributed by atoms with Crippen molar-refractivity contribution in [3.63, 3.8) is 0 Å². The van der Waals surface area contributed by atoms with Crippen molar-refractivity contribution in [2.45, 2.75) is 38.0 Å². The zero-order valence-corrected chi connectivity index (χ0v) is 21.6. The van der Waals surface area contributed by atoms with Crippen LogP contribution in [0, 0.1) is 11.6 Å². The van der Waals surface area contributed by atoms with Crippen LogP contribution in [0.3, 0.4) is 0 Å². The van der Waals surface area contributed by atoms with Gasteiger partial charge in [-0.2, -0.15) is 13.2 Å². The number of hydrogen-bond acceptors (Lipinski definition) is 5. The first kappa shape index (κ1) is 28.5. The minimum Gasteiger partial charge on any atom is -0.367 e. The van der Waals surface area contributed by atoms with Gasteiger partial charge in [0.2, 0.25) is 0 Å². The summed E-state index contributed by atoms with van der Waals surface area (Å²) < 4.78 is 67.4. The standard InChI is InChI=1S/C26H31ClF5N5O/c27-18-4-6-21(22(14-18)37-12-10-36(11-13-37)9-7-26(30,31)32)35-25(38)20-5-3-17(23(28)24(20)29)15-34-19-2-1-8-33-16-19/h3-6,14,19,33-34H,1-2,7-13,15-16H2,(H,35,38)/t19-/m1/s1. The third kappa shape index (κ3) is 7.56. The molecule has 1 amide bonds. The molecule has 12 heteroatoms. The summed E-state index contributed by atoms with van der Waals surface area (Å²) in [4.78, 5) is 16.6. The Morgan fingerprint density at radius 2 is 1.84 bits per heavy atom. The van der Waals surface area contributed by atoms with Crippen LogP contribution in [0.2, 0.25) is 5.02 Å². The lowest BCUT2D eigenvalue weighted by Gasteiger charge is -2.37. The molecule has 2 aromatic carbocycles. The van der Waals surface area contributed by atoms with E-state index in [2.05, 4.69) is 16.0 Å². The van der Waals surface area contributed by atoms with Crippen molar-refractivity contribution < 1.29 is 26.7 Å². The van der Waals surface area contributed by atoms with E-state index in [0.717, 1.165) is 25.9 Å². The molecule has 0 aliphatic carbocycles. The number of piperazine rings is 1. The highest BCUT2D eigenvalue weighted by atomic mass is 35.5. The molecule has 0 aromatic heterocycles. The number of anilines is 2. The van der Waals surface area contributed by atoms with Crippen molar-refractivity contribution in [1.82, 2.24) is 15.5 Å². The first-order valence-corrected chi connectivity index (χ1v) is 13.0. The number of nitrogens with zero attached hydrogens (tertiary/aromatic N) is 2. The molecule has 2 aliphatic heterocycles. The van der Waals surface area contributed by atoms with Gasteiger partial charge in [-0.3, -0.25) is 9.69 Å². The molecule has 0 radical (unpaired) electrons. The zero-order valence-electron chi connectivity index (χ0n) is 20.8. The minimum atomic E-state index is -4.21. The SMILES string of the molecule is O=C(Nc1ccc(Cl)cc1N1CCN(CCC(F)(F)F)CC1)c1ccc(CN[C@@H]2CCCNC2)c(F)c1F. The van der Waals surface area contributed by atoms with E-state index in [9.17, 15) is 26.7 Å². The molecule has 4 rings (SSSR count). The number of rotatable bonds is 8. The molecule has 0 saturated carbocycles. The Labute approximate surface area is 223 Å². The van der Waals surface area contributed by atoms with Gasteiger partial charge in [0.15, 0.2) is 11.6 Å². The fourth-order valence-corrected chi connectivity index (χ4v) is 4.91. The molecule has 1 atom stereocenters. The molecule has 0 bridgehead atoms. The van der Waals surface area contributed by atoms with E-state index in [1.807, 2.05) is 4.90 Å². The van der Waals surface area contributed by atoms with Gasteiger partial charge >= 0.3 is 6.18 Å². The second-order valence-corrected chi connectivity index (χ2v) is 10.1. The van der Waals surface area contributed by atoms with Crippen LogP contribution in [0.5, 0.6) is 0 Å². The van der Waals surface area contributed by atoms with Gasteiger partial charge in [-0.05, 0) is 43.7 Å². The predicted octanol–water partition coefficient (Wildman–Crippen LogP) is 4.79. The van der Waals surface area contributed by atoms with Crippen LogP contribution in [-0.4, -0.2) is 68.8 Å². The normalized spacial score (nSPS) is 19.0. The average molecular weight is 560 g/mol.